The lowest BCUT2D eigenvalue weighted by molar-refractivity contribution is -0.130. The van der Waals surface area contributed by atoms with E-state index in [-0.39, 0.29) is 5.70 Å². The third kappa shape index (κ3) is 2.82. The van der Waals surface area contributed by atoms with Crippen LogP contribution in [0.4, 0.5) is 0 Å². The maximum Gasteiger partial charge on any atom is 0.363 e. The molecule has 0 atom stereocenters. The van der Waals surface area contributed by atoms with Crippen molar-refractivity contribution < 1.29 is 9.53 Å². The van der Waals surface area contributed by atoms with E-state index in [1.165, 1.54) is 12.3 Å². The Morgan fingerprint density at radius 2 is 2.00 bits per heavy atom. The van der Waals surface area contributed by atoms with Crippen LogP contribution in [-0.2, 0) is 9.53 Å². The van der Waals surface area contributed by atoms with Crippen LogP contribution in [0.3, 0.4) is 0 Å². The van der Waals surface area contributed by atoms with Crippen LogP contribution in [0.2, 0.25) is 0 Å². The second kappa shape index (κ2) is 5.27. The highest BCUT2D eigenvalue weighted by molar-refractivity contribution is 6.12. The van der Waals surface area contributed by atoms with E-state index in [1.54, 1.807) is 19.1 Å². The number of rotatable bonds is 3. The zero-order valence-corrected chi connectivity index (χ0v) is 10.2. The Bertz CT molecular complexity index is 530. The number of nitrogens with zero attached hydrogens (tertiary/aromatic N) is 3. The van der Waals surface area contributed by atoms with Crippen LogP contribution >= 0.6 is 0 Å². The Balaban J connectivity index is 2.20. The number of allylic oxidation sites excluding steroid dienone is 1. The number of aliphatic imine (C=N–C) groups is 1. The number of hydrazone groups is 1. The number of esters is 1. The van der Waals surface area contributed by atoms with Gasteiger partial charge in [0, 0.05) is 25.9 Å². The monoisotopic (exact) mass is 243 g/mol. The summed E-state index contributed by atoms with van der Waals surface area (Å²) in [6, 6.07) is 9.29. The molecule has 1 aromatic carbocycles. The summed E-state index contributed by atoms with van der Waals surface area (Å²) in [5.74, 6) is -0.135. The molecule has 0 spiro atoms. The molecule has 5 nitrogen and oxygen atoms in total. The highest BCUT2D eigenvalue weighted by atomic mass is 16.6. The van der Waals surface area contributed by atoms with Gasteiger partial charge in [0.05, 0.1) is 0 Å². The van der Waals surface area contributed by atoms with Gasteiger partial charge in [0.15, 0.2) is 5.70 Å². The van der Waals surface area contributed by atoms with Crippen molar-refractivity contribution >= 4 is 18.1 Å². The molecule has 0 bridgehead atoms. The summed E-state index contributed by atoms with van der Waals surface area (Å²) in [7, 11) is 3.58. The summed E-state index contributed by atoms with van der Waals surface area (Å²) < 4.78 is 5.09. The molecule has 0 fully saturated rings. The number of cyclic esters (lactones) is 1. The van der Waals surface area contributed by atoms with E-state index >= 15 is 0 Å². The molecule has 1 heterocycles. The number of hydrogen-bond acceptors (Lipinski definition) is 5. The van der Waals surface area contributed by atoms with Crippen molar-refractivity contribution in [2.75, 3.05) is 14.1 Å². The Labute approximate surface area is 105 Å². The minimum absolute atomic E-state index is 0.249. The van der Waals surface area contributed by atoms with Crippen molar-refractivity contribution in [1.29, 1.82) is 0 Å². The Morgan fingerprint density at radius 1 is 1.28 bits per heavy atom. The summed E-state index contributed by atoms with van der Waals surface area (Å²) in [4.78, 5) is 15.7. The molecule has 0 aliphatic carbocycles. The lowest BCUT2D eigenvalue weighted by atomic mass is 10.2. The zero-order chi connectivity index (χ0) is 13.0. The van der Waals surface area contributed by atoms with Gasteiger partial charge in [0.2, 0.25) is 5.90 Å². The molecule has 0 saturated heterocycles. The maximum atomic E-state index is 11.6. The summed E-state index contributed by atoms with van der Waals surface area (Å²) in [5, 5.41) is 5.60. The Hall–Kier alpha value is -2.43. The fourth-order valence-corrected chi connectivity index (χ4v) is 1.36. The molecule has 1 aliphatic heterocycles. The van der Waals surface area contributed by atoms with Gasteiger partial charge in [0.1, 0.15) is 0 Å². The molecule has 0 radical (unpaired) electrons. The molecule has 1 aliphatic rings. The second-order valence-electron chi connectivity index (χ2n) is 3.84. The van der Waals surface area contributed by atoms with Gasteiger partial charge < -0.3 is 9.75 Å². The van der Waals surface area contributed by atoms with Crippen molar-refractivity contribution in [3.8, 4) is 0 Å². The first-order valence-corrected chi connectivity index (χ1v) is 5.44. The lowest BCUT2D eigenvalue weighted by Crippen LogP contribution is -2.05. The van der Waals surface area contributed by atoms with E-state index in [1.807, 2.05) is 30.3 Å². The molecule has 18 heavy (non-hydrogen) atoms. The van der Waals surface area contributed by atoms with Crippen molar-refractivity contribution in [2.24, 2.45) is 10.1 Å². The van der Waals surface area contributed by atoms with E-state index in [2.05, 4.69) is 10.1 Å². The van der Waals surface area contributed by atoms with Crippen LogP contribution in [0.1, 0.15) is 5.56 Å². The predicted octanol–water partition coefficient (Wildman–Crippen LogP) is 1.42. The van der Waals surface area contributed by atoms with Crippen LogP contribution < -0.4 is 0 Å². The first kappa shape index (κ1) is 12.0. The summed E-state index contributed by atoms with van der Waals surface area (Å²) >= 11 is 0. The van der Waals surface area contributed by atoms with Gasteiger partial charge in [-0.15, -0.1) is 0 Å². The molecule has 2 rings (SSSR count). The first-order valence-electron chi connectivity index (χ1n) is 5.44. The minimum atomic E-state index is -0.459. The van der Waals surface area contributed by atoms with Crippen LogP contribution in [0.5, 0.6) is 0 Å². The minimum Gasteiger partial charge on any atom is -0.402 e. The average molecular weight is 243 g/mol. The van der Waals surface area contributed by atoms with Gasteiger partial charge in [-0.3, -0.25) is 0 Å². The SMILES string of the molecule is CN(C)N=CC=C1N=C(c2ccccc2)OC1=O. The maximum absolute atomic E-state index is 11.6. The van der Waals surface area contributed by atoms with E-state index < -0.39 is 5.97 Å². The van der Waals surface area contributed by atoms with E-state index in [4.69, 9.17) is 4.74 Å². The van der Waals surface area contributed by atoms with Crippen LogP contribution in [0.25, 0.3) is 0 Å². The molecular formula is C13H13N3O2. The average Bonchev–Trinajstić information content (AvgIpc) is 2.72. The highest BCUT2D eigenvalue weighted by Gasteiger charge is 2.23. The molecule has 0 N–H and O–H groups in total. The highest BCUT2D eigenvalue weighted by Crippen LogP contribution is 2.15. The third-order valence-corrected chi connectivity index (χ3v) is 2.17. The largest absolute Gasteiger partial charge is 0.402 e. The van der Waals surface area contributed by atoms with Crippen molar-refractivity contribution in [2.45, 2.75) is 0 Å². The predicted molar refractivity (Wildman–Crippen MR) is 69.3 cm³/mol. The molecular weight excluding hydrogens is 230 g/mol. The molecule has 0 amide bonds. The van der Waals surface area contributed by atoms with E-state index in [9.17, 15) is 4.79 Å². The summed E-state index contributed by atoms with van der Waals surface area (Å²) in [6.07, 6.45) is 3.03. The van der Waals surface area contributed by atoms with Gasteiger partial charge in [0.25, 0.3) is 0 Å². The molecule has 0 saturated carbocycles. The van der Waals surface area contributed by atoms with Gasteiger partial charge in [-0.05, 0) is 18.2 Å². The fraction of sp³-hybridized carbons (Fsp3) is 0.154. The van der Waals surface area contributed by atoms with Gasteiger partial charge in [-0.1, -0.05) is 18.2 Å². The second-order valence-corrected chi connectivity index (χ2v) is 3.84. The molecule has 0 unspecified atom stereocenters. The normalized spacial score (nSPS) is 17.1. The van der Waals surface area contributed by atoms with Gasteiger partial charge >= 0.3 is 5.97 Å². The van der Waals surface area contributed by atoms with Crippen LogP contribution in [0, 0.1) is 0 Å². The zero-order valence-electron chi connectivity index (χ0n) is 10.2. The van der Waals surface area contributed by atoms with Crippen LogP contribution in [-0.4, -0.2) is 37.2 Å². The smallest absolute Gasteiger partial charge is 0.363 e. The number of ether oxygens (including phenoxy) is 1. The van der Waals surface area contributed by atoms with Crippen molar-refractivity contribution in [3.05, 3.63) is 47.7 Å². The number of hydrogen-bond donors (Lipinski definition) is 0. The van der Waals surface area contributed by atoms with Gasteiger partial charge in [-0.25, -0.2) is 9.79 Å². The molecule has 92 valence electrons. The molecule has 5 heteroatoms. The van der Waals surface area contributed by atoms with Gasteiger partial charge in [-0.2, -0.15) is 5.10 Å². The lowest BCUT2D eigenvalue weighted by Gasteiger charge is -1.99. The summed E-state index contributed by atoms with van der Waals surface area (Å²) in [5.41, 5.74) is 1.03. The van der Waals surface area contributed by atoms with Crippen LogP contribution in [0.15, 0.2) is 52.2 Å². The molecule has 0 aromatic heterocycles. The number of benzene rings is 1. The first-order chi connectivity index (χ1) is 8.66. The summed E-state index contributed by atoms with van der Waals surface area (Å²) in [6.45, 7) is 0. The number of carbonyl (C=O) groups is 1. The topological polar surface area (TPSA) is 54.3 Å². The van der Waals surface area contributed by atoms with Crippen molar-refractivity contribution in [1.82, 2.24) is 5.01 Å². The Kier molecular flexibility index (Phi) is 3.52. The fourth-order valence-electron chi connectivity index (χ4n) is 1.36. The van der Waals surface area contributed by atoms with E-state index in [0.29, 0.717) is 5.90 Å². The third-order valence-electron chi connectivity index (χ3n) is 2.17. The number of carbonyl (C=O) groups excluding carboxylic acids is 1. The van der Waals surface area contributed by atoms with E-state index in [0.717, 1.165) is 5.56 Å². The van der Waals surface area contributed by atoms with Crippen molar-refractivity contribution in [3.63, 3.8) is 0 Å². The molecule has 1 aromatic rings. The quantitative estimate of drug-likeness (QED) is 0.349. The Morgan fingerprint density at radius 3 is 2.67 bits per heavy atom. The standard InChI is InChI=1S/C13H13N3O2/c1-16(2)14-9-8-11-13(17)18-12(15-11)10-6-4-3-5-7-10/h3-9H,1-2H3.